The van der Waals surface area contributed by atoms with Crippen LogP contribution in [0.1, 0.15) is 17.0 Å². The highest BCUT2D eigenvalue weighted by molar-refractivity contribution is 5.32. The summed E-state index contributed by atoms with van der Waals surface area (Å²) in [6, 6.07) is 8.60. The molecule has 1 aromatic carbocycles. The quantitative estimate of drug-likeness (QED) is 0.658. The van der Waals surface area contributed by atoms with Gasteiger partial charge in [-0.25, -0.2) is 0 Å². The zero-order chi connectivity index (χ0) is 13.8. The fourth-order valence-electron chi connectivity index (χ4n) is 1.90. The Morgan fingerprint density at radius 1 is 1.32 bits per heavy atom. The van der Waals surface area contributed by atoms with Gasteiger partial charge >= 0.3 is 0 Å². The topological polar surface area (TPSA) is 73.0 Å². The van der Waals surface area contributed by atoms with Crippen molar-refractivity contribution < 1.29 is 4.92 Å². The van der Waals surface area contributed by atoms with E-state index in [4.69, 9.17) is 0 Å². The fourth-order valence-corrected chi connectivity index (χ4v) is 1.90. The Hall–Kier alpha value is -2.21. The third-order valence-electron chi connectivity index (χ3n) is 2.88. The second-order valence-electron chi connectivity index (χ2n) is 4.43. The zero-order valence-corrected chi connectivity index (χ0v) is 11.0. The van der Waals surface area contributed by atoms with Crippen molar-refractivity contribution in [2.45, 2.75) is 20.0 Å². The van der Waals surface area contributed by atoms with Crippen molar-refractivity contribution in [1.29, 1.82) is 0 Å². The fraction of sp³-hybridized carbons (Fsp3) is 0.308. The number of hydrogen-bond acceptors (Lipinski definition) is 4. The van der Waals surface area contributed by atoms with E-state index in [-0.39, 0.29) is 5.69 Å². The number of non-ortho nitro benzene ring substituents is 1. The Labute approximate surface area is 111 Å². The largest absolute Gasteiger partial charge is 0.307 e. The molecule has 0 bridgehead atoms. The molecule has 0 saturated carbocycles. The highest BCUT2D eigenvalue weighted by atomic mass is 16.6. The Morgan fingerprint density at radius 2 is 2.00 bits per heavy atom. The van der Waals surface area contributed by atoms with E-state index in [2.05, 4.69) is 10.4 Å². The maximum atomic E-state index is 10.5. The molecule has 6 heteroatoms. The molecule has 1 aromatic heterocycles. The van der Waals surface area contributed by atoms with Gasteiger partial charge in [0.05, 0.1) is 16.3 Å². The highest BCUT2D eigenvalue weighted by Gasteiger charge is 2.04. The third-order valence-corrected chi connectivity index (χ3v) is 2.88. The van der Waals surface area contributed by atoms with Crippen LogP contribution in [0.3, 0.4) is 0 Å². The van der Waals surface area contributed by atoms with E-state index in [1.807, 2.05) is 24.7 Å². The molecule has 19 heavy (non-hydrogen) atoms. The molecule has 1 heterocycles. The molecule has 0 aliphatic carbocycles. The van der Waals surface area contributed by atoms with Crippen LogP contribution in [0.4, 0.5) is 5.69 Å². The van der Waals surface area contributed by atoms with Crippen LogP contribution < -0.4 is 5.32 Å². The lowest BCUT2D eigenvalue weighted by molar-refractivity contribution is -0.384. The maximum Gasteiger partial charge on any atom is 0.269 e. The number of nitrogens with one attached hydrogen (secondary N) is 1. The van der Waals surface area contributed by atoms with Crippen molar-refractivity contribution in [3.05, 3.63) is 57.4 Å². The molecule has 0 aliphatic heterocycles. The maximum absolute atomic E-state index is 10.5. The summed E-state index contributed by atoms with van der Waals surface area (Å²) in [5.41, 5.74) is 3.24. The van der Waals surface area contributed by atoms with Gasteiger partial charge in [-0.05, 0) is 18.6 Å². The van der Waals surface area contributed by atoms with E-state index in [9.17, 15) is 10.1 Å². The van der Waals surface area contributed by atoms with Gasteiger partial charge in [0, 0.05) is 32.3 Å². The van der Waals surface area contributed by atoms with E-state index < -0.39 is 4.92 Å². The Morgan fingerprint density at radius 3 is 2.53 bits per heavy atom. The number of benzene rings is 1. The Kier molecular flexibility index (Phi) is 3.91. The van der Waals surface area contributed by atoms with Crippen molar-refractivity contribution in [3.8, 4) is 0 Å². The minimum absolute atomic E-state index is 0.117. The summed E-state index contributed by atoms with van der Waals surface area (Å²) in [7, 11) is 1.91. The molecule has 0 radical (unpaired) electrons. The van der Waals surface area contributed by atoms with Gasteiger partial charge < -0.3 is 5.32 Å². The van der Waals surface area contributed by atoms with Gasteiger partial charge in [0.25, 0.3) is 5.69 Å². The van der Waals surface area contributed by atoms with Crippen molar-refractivity contribution in [2.75, 3.05) is 0 Å². The van der Waals surface area contributed by atoms with Gasteiger partial charge in [0.15, 0.2) is 0 Å². The van der Waals surface area contributed by atoms with E-state index in [0.717, 1.165) is 17.0 Å². The lowest BCUT2D eigenvalue weighted by Crippen LogP contribution is -2.15. The number of rotatable bonds is 5. The second-order valence-corrected chi connectivity index (χ2v) is 4.43. The van der Waals surface area contributed by atoms with Crippen molar-refractivity contribution in [3.63, 3.8) is 0 Å². The summed E-state index contributed by atoms with van der Waals surface area (Å²) in [5, 5.41) is 18.1. The number of nitrogens with zero attached hydrogens (tertiary/aromatic N) is 3. The van der Waals surface area contributed by atoms with Crippen LogP contribution in [0.25, 0.3) is 0 Å². The summed E-state index contributed by atoms with van der Waals surface area (Å²) < 4.78 is 1.85. The first-order chi connectivity index (χ1) is 9.06. The van der Waals surface area contributed by atoms with Crippen molar-refractivity contribution in [2.24, 2.45) is 7.05 Å². The lowest BCUT2D eigenvalue weighted by atomic mass is 10.2. The molecule has 0 aliphatic rings. The van der Waals surface area contributed by atoms with Gasteiger partial charge in [0.2, 0.25) is 0 Å². The van der Waals surface area contributed by atoms with Crippen molar-refractivity contribution >= 4 is 5.69 Å². The van der Waals surface area contributed by atoms with Gasteiger partial charge in [-0.15, -0.1) is 0 Å². The molecule has 0 saturated heterocycles. The number of aryl methyl sites for hydroxylation is 2. The Bertz CT molecular complexity index is 575. The molecule has 0 amide bonds. The van der Waals surface area contributed by atoms with E-state index in [1.165, 1.54) is 12.1 Å². The molecule has 6 nitrogen and oxygen atoms in total. The van der Waals surface area contributed by atoms with Gasteiger partial charge in [-0.1, -0.05) is 12.1 Å². The molecular weight excluding hydrogens is 244 g/mol. The average Bonchev–Trinajstić information content (AvgIpc) is 2.68. The molecular formula is C13H16N4O2. The van der Waals surface area contributed by atoms with Crippen LogP contribution in [0, 0.1) is 17.0 Å². The minimum Gasteiger partial charge on any atom is -0.307 e. The molecule has 2 aromatic rings. The van der Waals surface area contributed by atoms with Gasteiger partial charge in [-0.3, -0.25) is 14.8 Å². The second kappa shape index (κ2) is 5.62. The summed E-state index contributed by atoms with van der Waals surface area (Å²) in [4.78, 5) is 10.1. The minimum atomic E-state index is -0.393. The van der Waals surface area contributed by atoms with E-state index >= 15 is 0 Å². The van der Waals surface area contributed by atoms with Gasteiger partial charge in [-0.2, -0.15) is 5.10 Å². The average molecular weight is 260 g/mol. The van der Waals surface area contributed by atoms with Crippen LogP contribution in [0.2, 0.25) is 0 Å². The lowest BCUT2D eigenvalue weighted by Gasteiger charge is -2.05. The van der Waals surface area contributed by atoms with Crippen LogP contribution in [0.5, 0.6) is 0 Å². The SMILES string of the molecule is Cc1cc(CNCc2ccc([N+](=O)[O-])cc2)n(C)n1. The molecule has 0 fully saturated rings. The first-order valence-corrected chi connectivity index (χ1v) is 6.00. The molecule has 1 N–H and O–H groups in total. The standard InChI is InChI=1S/C13H16N4O2/c1-10-7-13(16(2)15-10)9-14-8-11-3-5-12(6-4-11)17(18)19/h3-7,14H,8-9H2,1-2H3. The molecule has 100 valence electrons. The zero-order valence-electron chi connectivity index (χ0n) is 11.0. The molecule has 2 rings (SSSR count). The van der Waals surface area contributed by atoms with E-state index in [0.29, 0.717) is 13.1 Å². The summed E-state index contributed by atoms with van der Waals surface area (Å²) in [6.45, 7) is 3.34. The monoisotopic (exact) mass is 260 g/mol. The van der Waals surface area contributed by atoms with Crippen LogP contribution in [-0.2, 0) is 20.1 Å². The molecule has 0 unspecified atom stereocenters. The van der Waals surface area contributed by atoms with E-state index in [1.54, 1.807) is 12.1 Å². The van der Waals surface area contributed by atoms with Crippen LogP contribution in [0.15, 0.2) is 30.3 Å². The highest BCUT2D eigenvalue weighted by Crippen LogP contribution is 2.11. The first kappa shape index (κ1) is 13.2. The summed E-state index contributed by atoms with van der Waals surface area (Å²) >= 11 is 0. The number of nitro groups is 1. The van der Waals surface area contributed by atoms with Crippen LogP contribution >= 0.6 is 0 Å². The van der Waals surface area contributed by atoms with Gasteiger partial charge in [0.1, 0.15) is 0 Å². The number of aromatic nitrogens is 2. The predicted octanol–water partition coefficient (Wildman–Crippen LogP) is 1.93. The summed E-state index contributed by atoms with van der Waals surface area (Å²) in [6.07, 6.45) is 0. The number of nitro benzene ring substituents is 1. The number of hydrogen-bond donors (Lipinski definition) is 1. The first-order valence-electron chi connectivity index (χ1n) is 6.00. The van der Waals surface area contributed by atoms with Crippen LogP contribution in [-0.4, -0.2) is 14.7 Å². The third kappa shape index (κ3) is 3.38. The Balaban J connectivity index is 1.89. The normalized spacial score (nSPS) is 10.6. The predicted molar refractivity (Wildman–Crippen MR) is 71.6 cm³/mol. The smallest absolute Gasteiger partial charge is 0.269 e. The molecule has 0 atom stereocenters. The summed E-state index contributed by atoms with van der Waals surface area (Å²) in [5.74, 6) is 0. The van der Waals surface area contributed by atoms with Crippen molar-refractivity contribution in [1.82, 2.24) is 15.1 Å². The molecule has 0 spiro atoms.